The van der Waals surface area contributed by atoms with E-state index in [1.165, 1.54) is 16.7 Å². The van der Waals surface area contributed by atoms with Crippen LogP contribution in [0, 0.1) is 13.8 Å². The largest absolute Gasteiger partial charge is 0.496 e. The fourth-order valence-electron chi connectivity index (χ4n) is 2.29. The number of hydrogen-bond donors (Lipinski definition) is 1. The molecule has 0 heterocycles. The Kier molecular flexibility index (Phi) is 5.17. The van der Waals surface area contributed by atoms with E-state index in [0.717, 1.165) is 12.3 Å². The van der Waals surface area contributed by atoms with Gasteiger partial charge in [0, 0.05) is 24.6 Å². The zero-order valence-corrected chi connectivity index (χ0v) is 12.4. The third-order valence-electron chi connectivity index (χ3n) is 3.17. The van der Waals surface area contributed by atoms with Crippen LogP contribution in [-0.2, 0) is 10.2 Å². The molecule has 1 rings (SSSR count). The van der Waals surface area contributed by atoms with Gasteiger partial charge in [0.2, 0.25) is 0 Å². The highest BCUT2D eigenvalue weighted by Gasteiger charge is 2.25. The maximum absolute atomic E-state index is 5.56. The lowest BCUT2D eigenvalue weighted by Crippen LogP contribution is -2.34. The van der Waals surface area contributed by atoms with Gasteiger partial charge in [0.1, 0.15) is 5.75 Å². The molecule has 18 heavy (non-hydrogen) atoms. The summed E-state index contributed by atoms with van der Waals surface area (Å²) in [4.78, 5) is 0. The average Bonchev–Trinajstić information content (AvgIpc) is 2.28. The lowest BCUT2D eigenvalue weighted by Gasteiger charge is -2.28. The molecule has 0 amide bonds. The van der Waals surface area contributed by atoms with E-state index in [2.05, 4.69) is 45.1 Å². The van der Waals surface area contributed by atoms with Crippen LogP contribution in [0.3, 0.4) is 0 Å². The Morgan fingerprint density at radius 2 is 1.83 bits per heavy atom. The van der Waals surface area contributed by atoms with Crippen molar-refractivity contribution in [2.24, 2.45) is 0 Å². The molecule has 0 saturated heterocycles. The molecule has 0 radical (unpaired) electrons. The molecular weight excluding hydrogens is 226 g/mol. The highest BCUT2D eigenvalue weighted by atomic mass is 16.5. The average molecular weight is 251 g/mol. The molecule has 0 unspecified atom stereocenters. The van der Waals surface area contributed by atoms with Crippen LogP contribution in [-0.4, -0.2) is 27.5 Å². The van der Waals surface area contributed by atoms with Crippen molar-refractivity contribution in [2.45, 2.75) is 33.1 Å². The minimum absolute atomic E-state index is 0.000648. The number of aryl methyl sites for hydroxylation is 2. The zero-order chi connectivity index (χ0) is 13.8. The van der Waals surface area contributed by atoms with Crippen LogP contribution >= 0.6 is 0 Å². The first-order valence-corrected chi connectivity index (χ1v) is 6.27. The van der Waals surface area contributed by atoms with Gasteiger partial charge in [-0.2, -0.15) is 0 Å². The van der Waals surface area contributed by atoms with Gasteiger partial charge in [-0.3, -0.25) is 5.32 Å². The van der Waals surface area contributed by atoms with E-state index in [1.54, 1.807) is 14.2 Å². The number of ether oxygens (including phenoxy) is 2. The highest BCUT2D eigenvalue weighted by Crippen LogP contribution is 2.34. The normalized spacial score (nSPS) is 11.7. The molecule has 0 spiro atoms. The minimum atomic E-state index is 0.000648. The van der Waals surface area contributed by atoms with E-state index in [0.29, 0.717) is 6.73 Å². The molecule has 0 aromatic heterocycles. The van der Waals surface area contributed by atoms with Crippen molar-refractivity contribution < 1.29 is 9.47 Å². The molecule has 0 aliphatic rings. The van der Waals surface area contributed by atoms with Crippen molar-refractivity contribution in [3.63, 3.8) is 0 Å². The van der Waals surface area contributed by atoms with Gasteiger partial charge < -0.3 is 9.47 Å². The van der Waals surface area contributed by atoms with Crippen LogP contribution in [0.5, 0.6) is 5.75 Å². The molecular formula is C15H25NO2. The Labute approximate surface area is 110 Å². The third kappa shape index (κ3) is 3.47. The monoisotopic (exact) mass is 251 g/mol. The van der Waals surface area contributed by atoms with Crippen LogP contribution in [0.2, 0.25) is 0 Å². The van der Waals surface area contributed by atoms with E-state index in [4.69, 9.17) is 9.47 Å². The van der Waals surface area contributed by atoms with Gasteiger partial charge in [-0.25, -0.2) is 0 Å². The van der Waals surface area contributed by atoms with E-state index < -0.39 is 0 Å². The van der Waals surface area contributed by atoms with Crippen molar-refractivity contribution in [1.82, 2.24) is 5.32 Å². The molecule has 0 saturated carbocycles. The van der Waals surface area contributed by atoms with Gasteiger partial charge >= 0.3 is 0 Å². The van der Waals surface area contributed by atoms with E-state index in [-0.39, 0.29) is 5.41 Å². The number of rotatable bonds is 6. The second kappa shape index (κ2) is 6.21. The lowest BCUT2D eigenvalue weighted by molar-refractivity contribution is 0.169. The SMILES string of the molecule is COCNCC(C)(C)c1cc(C)cc(C)c1OC. The summed E-state index contributed by atoms with van der Waals surface area (Å²) in [5.41, 5.74) is 3.70. The van der Waals surface area contributed by atoms with Crippen LogP contribution in [0.25, 0.3) is 0 Å². The summed E-state index contributed by atoms with van der Waals surface area (Å²) in [7, 11) is 3.43. The summed E-state index contributed by atoms with van der Waals surface area (Å²) in [6.45, 7) is 10.1. The van der Waals surface area contributed by atoms with Gasteiger partial charge in [0.15, 0.2) is 0 Å². The van der Waals surface area contributed by atoms with Gasteiger partial charge in [-0.1, -0.05) is 31.5 Å². The highest BCUT2D eigenvalue weighted by molar-refractivity contribution is 5.47. The van der Waals surface area contributed by atoms with Crippen molar-refractivity contribution in [3.8, 4) is 5.75 Å². The van der Waals surface area contributed by atoms with E-state index in [1.807, 2.05) is 0 Å². The zero-order valence-electron chi connectivity index (χ0n) is 12.4. The van der Waals surface area contributed by atoms with Gasteiger partial charge in [0.25, 0.3) is 0 Å². The minimum Gasteiger partial charge on any atom is -0.496 e. The fraction of sp³-hybridized carbons (Fsp3) is 0.600. The van der Waals surface area contributed by atoms with Crippen molar-refractivity contribution in [2.75, 3.05) is 27.5 Å². The van der Waals surface area contributed by atoms with Crippen molar-refractivity contribution in [1.29, 1.82) is 0 Å². The maximum atomic E-state index is 5.56. The van der Waals surface area contributed by atoms with Crippen molar-refractivity contribution >= 4 is 0 Å². The van der Waals surface area contributed by atoms with Crippen LogP contribution < -0.4 is 10.1 Å². The van der Waals surface area contributed by atoms with Crippen LogP contribution in [0.1, 0.15) is 30.5 Å². The molecule has 0 fully saturated rings. The topological polar surface area (TPSA) is 30.5 Å². The molecule has 1 N–H and O–H groups in total. The molecule has 3 heteroatoms. The summed E-state index contributed by atoms with van der Waals surface area (Å²) < 4.78 is 10.6. The molecule has 1 aromatic carbocycles. The van der Waals surface area contributed by atoms with Crippen molar-refractivity contribution in [3.05, 3.63) is 28.8 Å². The van der Waals surface area contributed by atoms with E-state index in [9.17, 15) is 0 Å². The maximum Gasteiger partial charge on any atom is 0.125 e. The Hall–Kier alpha value is -1.06. The third-order valence-corrected chi connectivity index (χ3v) is 3.17. The number of methoxy groups -OCH3 is 2. The number of benzene rings is 1. The number of nitrogens with one attached hydrogen (secondary N) is 1. The van der Waals surface area contributed by atoms with Gasteiger partial charge in [0.05, 0.1) is 13.8 Å². The Balaban J connectivity index is 3.05. The Morgan fingerprint density at radius 1 is 1.17 bits per heavy atom. The summed E-state index contributed by atoms with van der Waals surface area (Å²) in [6.07, 6.45) is 0. The second-order valence-electron chi connectivity index (χ2n) is 5.41. The first-order valence-electron chi connectivity index (χ1n) is 6.27. The first-order chi connectivity index (χ1) is 8.42. The predicted octanol–water partition coefficient (Wildman–Crippen LogP) is 2.78. The van der Waals surface area contributed by atoms with Gasteiger partial charge in [-0.05, 0) is 19.4 Å². The van der Waals surface area contributed by atoms with Crippen LogP contribution in [0.4, 0.5) is 0 Å². The molecule has 0 atom stereocenters. The molecule has 0 aliphatic carbocycles. The summed E-state index contributed by atoms with van der Waals surface area (Å²) in [5, 5.41) is 3.29. The quantitative estimate of drug-likeness (QED) is 0.623. The molecule has 3 nitrogen and oxygen atoms in total. The predicted molar refractivity (Wildman–Crippen MR) is 75.4 cm³/mol. The number of hydrogen-bond acceptors (Lipinski definition) is 3. The van der Waals surface area contributed by atoms with E-state index >= 15 is 0 Å². The lowest BCUT2D eigenvalue weighted by atomic mass is 9.82. The Morgan fingerprint density at radius 3 is 2.39 bits per heavy atom. The summed E-state index contributed by atoms with van der Waals surface area (Å²) >= 11 is 0. The van der Waals surface area contributed by atoms with Gasteiger partial charge in [-0.15, -0.1) is 0 Å². The molecule has 0 aliphatic heterocycles. The Bertz CT molecular complexity index is 400. The molecule has 1 aromatic rings. The molecule has 0 bridgehead atoms. The molecule has 102 valence electrons. The summed E-state index contributed by atoms with van der Waals surface area (Å²) in [6, 6.07) is 4.36. The fourth-order valence-corrected chi connectivity index (χ4v) is 2.29. The standard InChI is InChI=1S/C15H25NO2/c1-11-7-12(2)14(18-6)13(8-11)15(3,4)9-16-10-17-5/h7-8,16H,9-10H2,1-6H3. The van der Waals surface area contributed by atoms with Crippen LogP contribution in [0.15, 0.2) is 12.1 Å². The second-order valence-corrected chi connectivity index (χ2v) is 5.41. The smallest absolute Gasteiger partial charge is 0.125 e. The summed E-state index contributed by atoms with van der Waals surface area (Å²) in [5.74, 6) is 0.991. The first kappa shape index (κ1) is 15.0.